The van der Waals surface area contributed by atoms with Gasteiger partial charge in [0, 0.05) is 16.3 Å². The largest absolute Gasteiger partial charge is 0.507 e. The van der Waals surface area contributed by atoms with Crippen LogP contribution in [0.2, 0.25) is 5.02 Å². The number of anilines is 1. The number of hydrogen-bond acceptors (Lipinski definition) is 6. The van der Waals surface area contributed by atoms with Crippen molar-refractivity contribution >= 4 is 34.7 Å². The van der Waals surface area contributed by atoms with Crippen molar-refractivity contribution in [3.8, 4) is 17.2 Å². The van der Waals surface area contributed by atoms with E-state index >= 15 is 0 Å². The van der Waals surface area contributed by atoms with Gasteiger partial charge in [0.15, 0.2) is 11.5 Å². The van der Waals surface area contributed by atoms with Crippen molar-refractivity contribution in [3.05, 3.63) is 87.9 Å². The summed E-state index contributed by atoms with van der Waals surface area (Å²) in [5, 5.41) is 11.6. The van der Waals surface area contributed by atoms with E-state index in [1.165, 1.54) is 32.3 Å². The topological polar surface area (TPSA) is 85.3 Å². The molecule has 35 heavy (non-hydrogen) atoms. The Hall–Kier alpha value is -3.97. The summed E-state index contributed by atoms with van der Waals surface area (Å²) in [5.74, 6) is -0.865. The summed E-state index contributed by atoms with van der Waals surface area (Å²) in [5.41, 5.74) is 2.22. The minimum absolute atomic E-state index is 0.0767. The van der Waals surface area contributed by atoms with E-state index < -0.39 is 17.7 Å². The van der Waals surface area contributed by atoms with Crippen molar-refractivity contribution in [2.24, 2.45) is 0 Å². The maximum atomic E-state index is 13.3. The Bertz CT molecular complexity index is 1310. The Morgan fingerprint density at radius 2 is 1.54 bits per heavy atom. The molecule has 1 heterocycles. The number of rotatable bonds is 6. The fourth-order valence-electron chi connectivity index (χ4n) is 4.17. The number of methoxy groups -OCH3 is 3. The van der Waals surface area contributed by atoms with Crippen LogP contribution in [0.3, 0.4) is 0 Å². The van der Waals surface area contributed by atoms with Gasteiger partial charge in [0.05, 0.1) is 32.9 Å². The summed E-state index contributed by atoms with van der Waals surface area (Å²) in [6.45, 7) is 1.92. The number of carbonyl (C=O) groups is 2. The van der Waals surface area contributed by atoms with Gasteiger partial charge in [-0.3, -0.25) is 14.5 Å². The van der Waals surface area contributed by atoms with Crippen LogP contribution in [0.4, 0.5) is 5.69 Å². The third-order valence-electron chi connectivity index (χ3n) is 5.86. The van der Waals surface area contributed by atoms with Crippen molar-refractivity contribution in [3.63, 3.8) is 0 Å². The lowest BCUT2D eigenvalue weighted by atomic mass is 9.94. The van der Waals surface area contributed by atoms with Crippen LogP contribution in [0.1, 0.15) is 22.7 Å². The number of aliphatic hydroxyl groups excluding tert-OH is 1. The summed E-state index contributed by atoms with van der Waals surface area (Å²) in [7, 11) is 4.44. The van der Waals surface area contributed by atoms with Crippen LogP contribution in [0.15, 0.2) is 66.2 Å². The van der Waals surface area contributed by atoms with Crippen LogP contribution >= 0.6 is 11.6 Å². The molecule has 1 unspecified atom stereocenters. The fraction of sp³-hybridized carbons (Fsp3) is 0.185. The highest BCUT2D eigenvalue weighted by Crippen LogP contribution is 2.47. The van der Waals surface area contributed by atoms with Gasteiger partial charge in [0.1, 0.15) is 5.76 Å². The van der Waals surface area contributed by atoms with E-state index in [-0.39, 0.29) is 11.3 Å². The van der Waals surface area contributed by atoms with Crippen molar-refractivity contribution in [1.82, 2.24) is 0 Å². The second kappa shape index (κ2) is 9.72. The number of nitrogens with zero attached hydrogens (tertiary/aromatic N) is 1. The summed E-state index contributed by atoms with van der Waals surface area (Å²) < 4.78 is 16.4. The minimum Gasteiger partial charge on any atom is -0.507 e. The molecule has 7 nitrogen and oxygen atoms in total. The average Bonchev–Trinajstić information content (AvgIpc) is 3.13. The maximum absolute atomic E-state index is 13.3. The number of benzene rings is 3. The number of ether oxygens (including phenoxy) is 3. The zero-order chi connectivity index (χ0) is 25.3. The second-order valence-electron chi connectivity index (χ2n) is 7.97. The second-order valence-corrected chi connectivity index (χ2v) is 8.41. The molecule has 0 aromatic heterocycles. The number of ketones is 1. The Morgan fingerprint density at radius 1 is 0.914 bits per heavy atom. The van der Waals surface area contributed by atoms with Gasteiger partial charge >= 0.3 is 0 Å². The van der Waals surface area contributed by atoms with E-state index in [4.69, 9.17) is 25.8 Å². The van der Waals surface area contributed by atoms with Gasteiger partial charge in [-0.2, -0.15) is 0 Å². The van der Waals surface area contributed by atoms with E-state index in [1.54, 1.807) is 42.5 Å². The van der Waals surface area contributed by atoms with E-state index in [0.29, 0.717) is 39.1 Å². The molecule has 0 spiro atoms. The summed E-state index contributed by atoms with van der Waals surface area (Å²) in [6, 6.07) is 16.0. The molecule has 1 amide bonds. The van der Waals surface area contributed by atoms with Crippen molar-refractivity contribution in [1.29, 1.82) is 0 Å². The lowest BCUT2D eigenvalue weighted by Gasteiger charge is -2.26. The highest BCUT2D eigenvalue weighted by molar-refractivity contribution is 6.51. The van der Waals surface area contributed by atoms with Gasteiger partial charge in [-0.15, -0.1) is 0 Å². The van der Waals surface area contributed by atoms with Crippen LogP contribution in [0.5, 0.6) is 17.2 Å². The van der Waals surface area contributed by atoms with Gasteiger partial charge in [0.2, 0.25) is 5.75 Å². The third kappa shape index (κ3) is 4.31. The monoisotopic (exact) mass is 493 g/mol. The molecule has 1 atom stereocenters. The van der Waals surface area contributed by atoms with Crippen LogP contribution in [0, 0.1) is 6.92 Å². The fourth-order valence-corrected chi connectivity index (χ4v) is 4.36. The molecule has 0 aliphatic carbocycles. The van der Waals surface area contributed by atoms with Crippen molar-refractivity contribution < 1.29 is 28.9 Å². The molecular formula is C27H24ClNO6. The normalized spacial score (nSPS) is 16.9. The average molecular weight is 494 g/mol. The minimum atomic E-state index is -0.967. The van der Waals surface area contributed by atoms with Crippen LogP contribution in [-0.2, 0) is 9.59 Å². The molecule has 1 N–H and O–H groups in total. The predicted octanol–water partition coefficient (Wildman–Crippen LogP) is 5.30. The first-order chi connectivity index (χ1) is 16.8. The Morgan fingerprint density at radius 3 is 2.09 bits per heavy atom. The summed E-state index contributed by atoms with van der Waals surface area (Å²) in [4.78, 5) is 28.0. The molecular weight excluding hydrogens is 470 g/mol. The first kappa shape index (κ1) is 24.2. The zero-order valence-corrected chi connectivity index (χ0v) is 20.4. The summed E-state index contributed by atoms with van der Waals surface area (Å²) >= 11 is 6.12. The van der Waals surface area contributed by atoms with E-state index in [9.17, 15) is 14.7 Å². The Kier molecular flexibility index (Phi) is 6.71. The lowest BCUT2D eigenvalue weighted by Crippen LogP contribution is -2.29. The number of Topliss-reactive ketones (excluding diaryl/α,β-unsaturated/α-hetero) is 1. The number of aryl methyl sites for hydroxylation is 1. The van der Waals surface area contributed by atoms with Gasteiger partial charge in [-0.25, -0.2) is 0 Å². The first-order valence-corrected chi connectivity index (χ1v) is 11.1. The highest BCUT2D eigenvalue weighted by Gasteiger charge is 2.47. The standard InChI is InChI=1S/C27H24ClNO6/c1-15-8-10-19(11-9-15)29-23(17-13-20(33-2)26(35-4)21(14-17)34-3)22(25(31)27(29)32)24(30)16-6-5-7-18(28)12-16/h5-14,23,30H,1-4H3/b24-22+. The molecule has 3 aromatic rings. The Balaban J connectivity index is 2.02. The molecule has 1 fully saturated rings. The molecule has 0 bridgehead atoms. The lowest BCUT2D eigenvalue weighted by molar-refractivity contribution is -0.132. The number of amides is 1. The number of halogens is 1. The first-order valence-electron chi connectivity index (χ1n) is 10.7. The van der Waals surface area contributed by atoms with Crippen molar-refractivity contribution in [2.75, 3.05) is 26.2 Å². The predicted molar refractivity (Wildman–Crippen MR) is 134 cm³/mol. The molecule has 1 saturated heterocycles. The number of carbonyl (C=O) groups excluding carboxylic acids is 2. The van der Waals surface area contributed by atoms with Gasteiger partial charge in [-0.05, 0) is 48.9 Å². The van der Waals surface area contributed by atoms with Crippen LogP contribution in [-0.4, -0.2) is 38.1 Å². The highest BCUT2D eigenvalue weighted by atomic mass is 35.5. The van der Waals surface area contributed by atoms with E-state index in [0.717, 1.165) is 5.56 Å². The quantitative estimate of drug-likeness (QED) is 0.285. The van der Waals surface area contributed by atoms with E-state index in [1.807, 2.05) is 19.1 Å². The van der Waals surface area contributed by atoms with Gasteiger partial charge < -0.3 is 19.3 Å². The number of aliphatic hydroxyl groups is 1. The molecule has 180 valence electrons. The summed E-state index contributed by atoms with van der Waals surface area (Å²) in [6.07, 6.45) is 0. The van der Waals surface area contributed by atoms with Crippen molar-refractivity contribution in [2.45, 2.75) is 13.0 Å². The Labute approximate surface area is 208 Å². The molecule has 1 aliphatic heterocycles. The molecule has 1 aliphatic rings. The maximum Gasteiger partial charge on any atom is 0.300 e. The van der Waals surface area contributed by atoms with Gasteiger partial charge in [0.25, 0.3) is 11.7 Å². The number of hydrogen-bond donors (Lipinski definition) is 1. The molecule has 8 heteroatoms. The van der Waals surface area contributed by atoms with Gasteiger partial charge in [-0.1, -0.05) is 41.4 Å². The SMILES string of the molecule is COc1cc(C2/C(=C(\O)c3cccc(Cl)c3)C(=O)C(=O)N2c2ccc(C)cc2)cc(OC)c1OC. The smallest absolute Gasteiger partial charge is 0.300 e. The van der Waals surface area contributed by atoms with E-state index in [2.05, 4.69) is 0 Å². The molecule has 0 saturated carbocycles. The van der Waals surface area contributed by atoms with Crippen LogP contribution < -0.4 is 19.1 Å². The molecule has 0 radical (unpaired) electrons. The third-order valence-corrected chi connectivity index (χ3v) is 6.09. The van der Waals surface area contributed by atoms with Crippen LogP contribution in [0.25, 0.3) is 5.76 Å². The zero-order valence-electron chi connectivity index (χ0n) is 19.7. The molecule has 4 rings (SSSR count). The molecule has 3 aromatic carbocycles.